The Morgan fingerprint density at radius 2 is 0.857 bits per heavy atom. The zero-order valence-electron chi connectivity index (χ0n) is 20.3. The quantitative estimate of drug-likeness (QED) is 0.0910. The second kappa shape index (κ2) is 20.8. The molecule has 1 atom stereocenters. The molecule has 0 aliphatic carbocycles. The van der Waals surface area contributed by atoms with E-state index in [4.69, 9.17) is 11.6 Å². The van der Waals surface area contributed by atoms with E-state index in [1.165, 1.54) is 145 Å². The maximum absolute atomic E-state index is 6.95. The van der Waals surface area contributed by atoms with Crippen molar-refractivity contribution >= 4 is 21.8 Å². The summed E-state index contributed by atoms with van der Waals surface area (Å²) in [6.45, 7) is 6.94. The number of alkyl halides is 1. The van der Waals surface area contributed by atoms with Crippen molar-refractivity contribution in [3.8, 4) is 0 Å². The highest BCUT2D eigenvalue weighted by Gasteiger charge is 2.31. The third-order valence-corrected chi connectivity index (χ3v) is 9.58. The summed E-state index contributed by atoms with van der Waals surface area (Å²) in [5.41, 5.74) is 0. The predicted octanol–water partition coefficient (Wildman–Crippen LogP) is 9.37. The molecule has 0 rings (SSSR count). The Balaban J connectivity index is 3.59. The first-order chi connectivity index (χ1) is 13.6. The standard InChI is InChI=1S/C26H55ClSi/c1-4-7-10-11-12-13-14-15-16-17-18-19-20-21-22-25(27)26(28,23-8-5-2)24-9-6-3/h25H,4-24H2,1-3,28H3. The second-order valence-corrected chi connectivity index (χ2v) is 12.2. The summed E-state index contributed by atoms with van der Waals surface area (Å²) in [7, 11) is 1.27. The fourth-order valence-electron chi connectivity index (χ4n) is 4.47. The molecule has 0 spiro atoms. The SMILES string of the molecule is CCCCCCCCCCCCCCCCC(Cl)C([SiH3])(CCCC)CCCC. The smallest absolute Gasteiger partial charge is 0.0359 e. The summed E-state index contributed by atoms with van der Waals surface area (Å²) in [6.07, 6.45) is 29.5. The zero-order chi connectivity index (χ0) is 20.9. The van der Waals surface area contributed by atoms with E-state index in [0.29, 0.717) is 10.4 Å². The van der Waals surface area contributed by atoms with Crippen molar-refractivity contribution in [1.29, 1.82) is 0 Å². The Bertz CT molecular complexity index is 297. The van der Waals surface area contributed by atoms with Gasteiger partial charge in [-0.15, -0.1) is 11.6 Å². The Labute approximate surface area is 187 Å². The van der Waals surface area contributed by atoms with E-state index < -0.39 is 0 Å². The molecule has 0 aromatic rings. The van der Waals surface area contributed by atoms with Gasteiger partial charge in [-0.3, -0.25) is 0 Å². The van der Waals surface area contributed by atoms with Gasteiger partial charge in [0, 0.05) is 15.6 Å². The van der Waals surface area contributed by atoms with Gasteiger partial charge in [0.15, 0.2) is 0 Å². The van der Waals surface area contributed by atoms with Crippen molar-refractivity contribution in [1.82, 2.24) is 0 Å². The van der Waals surface area contributed by atoms with Crippen molar-refractivity contribution in [2.75, 3.05) is 0 Å². The minimum Gasteiger partial charge on any atom is -0.123 e. The highest BCUT2D eigenvalue weighted by atomic mass is 35.5. The average Bonchev–Trinajstić information content (AvgIpc) is 2.70. The normalized spacial score (nSPS) is 13.3. The summed E-state index contributed by atoms with van der Waals surface area (Å²) in [4.78, 5) is 0. The molecule has 1 unspecified atom stereocenters. The van der Waals surface area contributed by atoms with E-state index in [-0.39, 0.29) is 0 Å². The van der Waals surface area contributed by atoms with Crippen LogP contribution in [0.15, 0.2) is 0 Å². The van der Waals surface area contributed by atoms with E-state index in [1.807, 2.05) is 0 Å². The molecule has 0 N–H and O–H groups in total. The van der Waals surface area contributed by atoms with Gasteiger partial charge in [0.05, 0.1) is 0 Å². The molecule has 28 heavy (non-hydrogen) atoms. The zero-order valence-corrected chi connectivity index (χ0v) is 23.1. The monoisotopic (exact) mass is 430 g/mol. The molecule has 0 bridgehead atoms. The van der Waals surface area contributed by atoms with Crippen LogP contribution in [0, 0.1) is 0 Å². The van der Waals surface area contributed by atoms with Crippen molar-refractivity contribution in [2.45, 2.75) is 166 Å². The number of halogens is 1. The maximum Gasteiger partial charge on any atom is 0.0359 e. The summed E-state index contributed by atoms with van der Waals surface area (Å²) in [5.74, 6) is 0. The molecule has 0 aromatic carbocycles. The molecule has 0 heterocycles. The lowest BCUT2D eigenvalue weighted by Gasteiger charge is -2.35. The van der Waals surface area contributed by atoms with Crippen LogP contribution in [0.25, 0.3) is 0 Å². The lowest BCUT2D eigenvalue weighted by molar-refractivity contribution is 0.403. The van der Waals surface area contributed by atoms with Crippen molar-refractivity contribution in [3.05, 3.63) is 0 Å². The first kappa shape index (κ1) is 28.5. The number of hydrogen-bond donors (Lipinski definition) is 0. The lowest BCUT2D eigenvalue weighted by Crippen LogP contribution is -2.25. The summed E-state index contributed by atoms with van der Waals surface area (Å²) in [6, 6.07) is 0. The Morgan fingerprint density at radius 3 is 1.21 bits per heavy atom. The van der Waals surface area contributed by atoms with Crippen LogP contribution in [0.3, 0.4) is 0 Å². The largest absolute Gasteiger partial charge is 0.123 e. The number of rotatable bonds is 22. The third-order valence-electron chi connectivity index (χ3n) is 6.77. The summed E-state index contributed by atoms with van der Waals surface area (Å²) in [5, 5.41) is 0.944. The van der Waals surface area contributed by atoms with E-state index in [9.17, 15) is 0 Å². The molecular formula is C26H55ClSi. The van der Waals surface area contributed by atoms with Crippen molar-refractivity contribution in [3.63, 3.8) is 0 Å². The average molecular weight is 431 g/mol. The molecule has 0 aliphatic heterocycles. The van der Waals surface area contributed by atoms with E-state index in [1.54, 1.807) is 0 Å². The van der Waals surface area contributed by atoms with Gasteiger partial charge in [-0.1, -0.05) is 136 Å². The molecule has 170 valence electrons. The molecule has 0 radical (unpaired) electrons. The third kappa shape index (κ3) is 16.3. The lowest BCUT2D eigenvalue weighted by atomic mass is 9.88. The number of unbranched alkanes of at least 4 members (excludes halogenated alkanes) is 15. The fraction of sp³-hybridized carbons (Fsp3) is 1.00. The highest BCUT2D eigenvalue weighted by Crippen LogP contribution is 2.43. The Morgan fingerprint density at radius 1 is 0.536 bits per heavy atom. The van der Waals surface area contributed by atoms with Crippen LogP contribution < -0.4 is 0 Å². The van der Waals surface area contributed by atoms with Crippen LogP contribution in [-0.4, -0.2) is 15.6 Å². The van der Waals surface area contributed by atoms with Gasteiger partial charge in [-0.2, -0.15) is 0 Å². The van der Waals surface area contributed by atoms with E-state index >= 15 is 0 Å². The topological polar surface area (TPSA) is 0 Å². The molecule has 0 nitrogen and oxygen atoms in total. The molecule has 2 heteroatoms. The number of hydrogen-bond acceptors (Lipinski definition) is 0. The Hall–Kier alpha value is 0.507. The van der Waals surface area contributed by atoms with Gasteiger partial charge in [0.25, 0.3) is 0 Å². The highest BCUT2D eigenvalue weighted by molar-refractivity contribution is 6.28. The van der Waals surface area contributed by atoms with E-state index in [0.717, 1.165) is 0 Å². The van der Waals surface area contributed by atoms with Crippen LogP contribution in [0.5, 0.6) is 0 Å². The molecule has 0 fully saturated rings. The van der Waals surface area contributed by atoms with Crippen LogP contribution in [0.1, 0.15) is 156 Å². The van der Waals surface area contributed by atoms with Gasteiger partial charge >= 0.3 is 0 Å². The van der Waals surface area contributed by atoms with Crippen LogP contribution in [0.2, 0.25) is 5.04 Å². The van der Waals surface area contributed by atoms with Crippen molar-refractivity contribution in [2.24, 2.45) is 0 Å². The predicted molar refractivity (Wildman–Crippen MR) is 136 cm³/mol. The van der Waals surface area contributed by atoms with Crippen LogP contribution >= 0.6 is 11.6 Å². The van der Waals surface area contributed by atoms with Crippen LogP contribution in [-0.2, 0) is 0 Å². The van der Waals surface area contributed by atoms with Gasteiger partial charge in [-0.05, 0) is 24.3 Å². The van der Waals surface area contributed by atoms with E-state index in [2.05, 4.69) is 20.8 Å². The second-order valence-electron chi connectivity index (χ2n) is 9.71. The molecule has 0 saturated heterocycles. The minimum absolute atomic E-state index is 0.439. The van der Waals surface area contributed by atoms with Crippen LogP contribution in [0.4, 0.5) is 0 Å². The molecule has 0 aliphatic rings. The maximum atomic E-state index is 6.95. The van der Waals surface area contributed by atoms with Crippen molar-refractivity contribution < 1.29 is 0 Å². The summed E-state index contributed by atoms with van der Waals surface area (Å²) >= 11 is 6.95. The molecule has 0 saturated carbocycles. The first-order valence-corrected chi connectivity index (χ1v) is 14.7. The minimum atomic E-state index is 0.439. The van der Waals surface area contributed by atoms with Gasteiger partial charge in [0.1, 0.15) is 0 Å². The molecular weight excluding hydrogens is 376 g/mol. The first-order valence-electron chi connectivity index (χ1n) is 13.2. The molecule has 0 aromatic heterocycles. The fourth-order valence-corrected chi connectivity index (χ4v) is 5.83. The molecule has 0 amide bonds. The van der Waals surface area contributed by atoms with Gasteiger partial charge in [0.2, 0.25) is 0 Å². The Kier molecular flexibility index (Phi) is 21.1. The van der Waals surface area contributed by atoms with Gasteiger partial charge < -0.3 is 0 Å². The summed E-state index contributed by atoms with van der Waals surface area (Å²) < 4.78 is 0. The van der Waals surface area contributed by atoms with Gasteiger partial charge in [-0.25, -0.2) is 0 Å².